The van der Waals surface area contributed by atoms with Gasteiger partial charge in [-0.2, -0.15) is 0 Å². The third-order valence-corrected chi connectivity index (χ3v) is 18.4. The van der Waals surface area contributed by atoms with Crippen LogP contribution < -0.4 is 40.2 Å². The van der Waals surface area contributed by atoms with Crippen LogP contribution in [0, 0.1) is 5.82 Å². The molecule has 2 aliphatic carbocycles. The van der Waals surface area contributed by atoms with E-state index in [-0.39, 0.29) is 118 Å². The molecule has 84 heavy (non-hydrogen) atoms. The monoisotopic (exact) mass is 1270 g/mol. The van der Waals surface area contributed by atoms with Crippen molar-refractivity contribution >= 4 is 66.9 Å². The molecule has 4 aromatic carbocycles. The molecule has 0 aromatic heterocycles. The number of halogens is 4. The Bertz CT molecular complexity index is 2840. The van der Waals surface area contributed by atoms with Crippen molar-refractivity contribution in [3.8, 4) is 11.5 Å². The molecule has 4 aliphatic rings. The molecule has 28 heteroatoms. The summed E-state index contributed by atoms with van der Waals surface area (Å²) in [6.45, 7) is 5.35. The predicted molar refractivity (Wildman–Crippen MR) is 313 cm³/mol. The fourth-order valence-corrected chi connectivity index (χ4v) is 13.4. The molecule has 2 saturated heterocycles. The highest BCUT2D eigenvalue weighted by Crippen LogP contribution is 2.44. The molecule has 8 rings (SSSR count). The van der Waals surface area contributed by atoms with Crippen molar-refractivity contribution in [2.45, 2.75) is 84.8 Å². The number of ether oxygens (including phenoxy) is 6. The smallest absolute Gasteiger partial charge is 0.314 e. The predicted octanol–water partition coefficient (Wildman–Crippen LogP) is 4.71. The first kappa shape index (κ1) is 65.3. The van der Waals surface area contributed by atoms with Gasteiger partial charge in [0.1, 0.15) is 29.5 Å². The van der Waals surface area contributed by atoms with E-state index in [2.05, 4.69) is 40.5 Å². The molecule has 0 unspecified atom stereocenters. The van der Waals surface area contributed by atoms with Crippen LogP contribution in [0.5, 0.6) is 11.5 Å². The fraction of sp³-hybridized carbons (Fsp3) is 0.536. The first-order valence-corrected chi connectivity index (χ1v) is 32.2. The largest absolute Gasteiger partial charge is 0.484 e. The number of hydrogen-bond donors (Lipinski definition) is 8. The number of fused-ring (bicyclic) bond motifs is 2. The molecule has 22 nitrogen and oxygen atoms in total. The molecule has 2 fully saturated rings. The van der Waals surface area contributed by atoms with Crippen molar-refractivity contribution in [3.05, 3.63) is 116 Å². The molecular formula is C56H74Cl3FN8O14S2. The number of sulfonamides is 2. The summed E-state index contributed by atoms with van der Waals surface area (Å²) in [6, 6.07) is 17.7. The Kier molecular flexibility index (Phi) is 24.7. The number of β-amino-alcohol motifs (C(OH)–C–C–N with tert-alkyl or cyclic N) is 2. The van der Waals surface area contributed by atoms with Crippen LogP contribution in [0.15, 0.2) is 82.6 Å². The molecule has 8 N–H and O–H groups in total. The minimum absolute atomic E-state index is 0.0218. The SMILES string of the molecule is O=C(NCCCCNC(=O)NCCOCCOCCNS(=O)(=O)c1ccc(O[C@H]2c3cc(Cl)cc(Cl)c3C[C@@H]2N2CC[C@@H](O)C2)cc1)NCCOCCOCCNS(=O)(=O)c1ccc(O[C@H]2c3cc(Cl)cc(F)c3C[C@@H]2N2CC[C@@H](O)C2)cc1. The van der Waals surface area contributed by atoms with E-state index >= 15 is 0 Å². The highest BCUT2D eigenvalue weighted by atomic mass is 35.5. The standard InChI is InChI=1S/C56H74Cl3FN8O14S2/c57-37-29-47-45(49(59)31-37)33-51(67-19-11-39(69)35-67)53(47)81-41-3-7-43(8-4-41)83(73,74)65-17-23-79-27-25-77-21-15-63-55(71)61-13-1-2-14-62-56(72)64-16-22-78-26-28-80-24-18-66-84(75,76)44-9-5-42(6-10-44)82-54-48-30-38(58)32-50(60)46(48)34-52(54)68-20-12-40(70)36-68/h3-10,29-32,39-40,51-54,65-66,69-70H,1-2,11-28,33-36H2,(H2,61,63,71)(H2,62,64,72)/t39-,40-,51+,52+,53+,54+/m1/s1. The van der Waals surface area contributed by atoms with Gasteiger partial charge in [-0.05, 0) is 122 Å². The van der Waals surface area contributed by atoms with Crippen LogP contribution in [-0.2, 0) is 51.8 Å². The van der Waals surface area contributed by atoms with E-state index in [9.17, 15) is 41.0 Å². The Morgan fingerprint density at radius 1 is 0.536 bits per heavy atom. The number of rotatable bonds is 33. The average Bonchev–Trinajstić information content (AvgIpc) is 3.45. The van der Waals surface area contributed by atoms with Crippen LogP contribution in [0.1, 0.15) is 60.1 Å². The molecule has 0 radical (unpaired) electrons. The van der Waals surface area contributed by atoms with E-state index in [1.54, 1.807) is 36.4 Å². The Balaban J connectivity index is 0.576. The number of hydrogen-bond acceptors (Lipinski definition) is 16. The maximum absolute atomic E-state index is 14.9. The maximum atomic E-state index is 14.9. The van der Waals surface area contributed by atoms with Gasteiger partial charge in [0.15, 0.2) is 0 Å². The summed E-state index contributed by atoms with van der Waals surface area (Å²) in [6.07, 6.45) is 1.73. The Morgan fingerprint density at radius 3 is 1.36 bits per heavy atom. The van der Waals surface area contributed by atoms with Crippen LogP contribution in [-0.4, -0.2) is 192 Å². The van der Waals surface area contributed by atoms with Gasteiger partial charge in [-0.3, -0.25) is 9.80 Å². The van der Waals surface area contributed by atoms with E-state index in [0.29, 0.717) is 104 Å². The average molecular weight is 1270 g/mol. The number of urea groups is 2. The first-order chi connectivity index (χ1) is 40.4. The van der Waals surface area contributed by atoms with Gasteiger partial charge < -0.3 is 59.9 Å². The summed E-state index contributed by atoms with van der Waals surface area (Å²) in [5.41, 5.74) is 2.98. The summed E-state index contributed by atoms with van der Waals surface area (Å²) in [4.78, 5) is 28.6. The maximum Gasteiger partial charge on any atom is 0.314 e. The lowest BCUT2D eigenvalue weighted by Gasteiger charge is -2.30. The van der Waals surface area contributed by atoms with Crippen LogP contribution in [0.3, 0.4) is 0 Å². The Hall–Kier alpha value is -4.68. The van der Waals surface area contributed by atoms with E-state index in [1.807, 2.05) is 6.07 Å². The summed E-state index contributed by atoms with van der Waals surface area (Å²) in [5, 5.41) is 32.6. The van der Waals surface area contributed by atoms with E-state index in [4.69, 9.17) is 63.2 Å². The van der Waals surface area contributed by atoms with Crippen molar-refractivity contribution in [2.24, 2.45) is 0 Å². The second kappa shape index (κ2) is 31.8. The number of nitrogens with one attached hydrogen (secondary N) is 6. The molecule has 0 saturated carbocycles. The summed E-state index contributed by atoms with van der Waals surface area (Å²) >= 11 is 19.1. The number of amides is 4. The van der Waals surface area contributed by atoms with Crippen LogP contribution in [0.4, 0.5) is 14.0 Å². The number of aliphatic hydroxyl groups is 2. The molecule has 4 amide bonds. The minimum atomic E-state index is -3.86. The van der Waals surface area contributed by atoms with Crippen LogP contribution >= 0.6 is 34.8 Å². The van der Waals surface area contributed by atoms with Crippen molar-refractivity contribution in [1.29, 1.82) is 0 Å². The van der Waals surface area contributed by atoms with Gasteiger partial charge in [0, 0.05) is 91.6 Å². The third kappa shape index (κ3) is 18.9. The van der Waals surface area contributed by atoms with Gasteiger partial charge in [0.25, 0.3) is 0 Å². The van der Waals surface area contributed by atoms with Crippen molar-refractivity contribution < 1.29 is 69.4 Å². The first-order valence-electron chi connectivity index (χ1n) is 28.1. The molecule has 462 valence electrons. The van der Waals surface area contributed by atoms with Crippen LogP contribution in [0.2, 0.25) is 15.1 Å². The van der Waals surface area contributed by atoms with Gasteiger partial charge in [-0.15, -0.1) is 0 Å². The molecule has 2 aliphatic heterocycles. The van der Waals surface area contributed by atoms with Gasteiger partial charge in [-0.25, -0.2) is 40.3 Å². The highest BCUT2D eigenvalue weighted by molar-refractivity contribution is 7.89. The van der Waals surface area contributed by atoms with E-state index in [1.165, 1.54) is 30.3 Å². The summed E-state index contributed by atoms with van der Waals surface area (Å²) < 4.78 is 107. The molecular weight excluding hydrogens is 1200 g/mol. The third-order valence-electron chi connectivity index (χ3n) is 14.7. The highest BCUT2D eigenvalue weighted by Gasteiger charge is 2.43. The number of carbonyl (C=O) groups is 2. The molecule has 2 heterocycles. The molecule has 4 aromatic rings. The lowest BCUT2D eigenvalue weighted by molar-refractivity contribution is 0.0516. The minimum Gasteiger partial charge on any atom is -0.484 e. The number of aliphatic hydroxyl groups excluding tert-OH is 2. The molecule has 0 bridgehead atoms. The summed E-state index contributed by atoms with van der Waals surface area (Å²) in [5.74, 6) is 0.476. The van der Waals surface area contributed by atoms with Gasteiger partial charge >= 0.3 is 12.1 Å². The lowest BCUT2D eigenvalue weighted by atomic mass is 10.1. The fourth-order valence-electron chi connectivity index (χ4n) is 10.5. The zero-order chi connectivity index (χ0) is 59.6. The normalized spacial score (nSPS) is 20.6. The van der Waals surface area contributed by atoms with Crippen molar-refractivity contribution in [3.63, 3.8) is 0 Å². The number of benzene rings is 4. The van der Waals surface area contributed by atoms with E-state index in [0.717, 1.165) is 17.7 Å². The van der Waals surface area contributed by atoms with Gasteiger partial charge in [0.05, 0.1) is 86.9 Å². The van der Waals surface area contributed by atoms with E-state index < -0.39 is 50.3 Å². The molecule has 6 atom stereocenters. The van der Waals surface area contributed by atoms with Crippen LogP contribution in [0.25, 0.3) is 0 Å². The zero-order valence-corrected chi connectivity index (χ0v) is 50.3. The summed E-state index contributed by atoms with van der Waals surface area (Å²) in [7, 11) is -7.68. The van der Waals surface area contributed by atoms with Gasteiger partial charge in [-0.1, -0.05) is 34.8 Å². The lowest BCUT2D eigenvalue weighted by Crippen LogP contribution is -2.39. The number of unbranched alkanes of at least 4 members (excludes halogenated alkanes) is 1. The Morgan fingerprint density at radius 2 is 0.929 bits per heavy atom. The molecule has 0 spiro atoms. The van der Waals surface area contributed by atoms with Gasteiger partial charge in [0.2, 0.25) is 20.0 Å². The number of nitrogens with zero attached hydrogens (tertiary/aromatic N) is 2. The Labute approximate surface area is 504 Å². The van der Waals surface area contributed by atoms with Crippen molar-refractivity contribution in [2.75, 3.05) is 118 Å². The zero-order valence-electron chi connectivity index (χ0n) is 46.4. The van der Waals surface area contributed by atoms with Crippen molar-refractivity contribution in [1.82, 2.24) is 40.5 Å². The topological polar surface area (TPSA) is 277 Å². The number of carbonyl (C=O) groups excluding carboxylic acids is 2. The second-order valence-electron chi connectivity index (χ2n) is 20.7. The number of likely N-dealkylation sites (tertiary alicyclic amines) is 2. The quantitative estimate of drug-likeness (QED) is 0.0300. The second-order valence-corrected chi connectivity index (χ2v) is 25.5.